The van der Waals surface area contributed by atoms with Crippen molar-refractivity contribution in [1.29, 1.82) is 0 Å². The second-order valence-corrected chi connectivity index (χ2v) is 13.8. The monoisotopic (exact) mass is 657 g/mol. The topological polar surface area (TPSA) is 113 Å². The van der Waals surface area contributed by atoms with Crippen molar-refractivity contribution in [3.63, 3.8) is 0 Å². The van der Waals surface area contributed by atoms with Gasteiger partial charge in [0.25, 0.3) is 0 Å². The number of aliphatic hydroxyl groups excluding tert-OH is 3. The molecule has 0 aliphatic rings. The molecule has 0 saturated carbocycles. The fourth-order valence-electron chi connectivity index (χ4n) is 5.89. The highest BCUT2D eigenvalue weighted by Crippen LogP contribution is 2.16. The zero-order chi connectivity index (χ0) is 33.9. The van der Waals surface area contributed by atoms with Crippen LogP contribution in [-0.4, -0.2) is 58.8 Å². The van der Waals surface area contributed by atoms with Crippen LogP contribution in [0.3, 0.4) is 0 Å². The first kappa shape index (κ1) is 44.8. The van der Waals surface area contributed by atoms with Crippen molar-refractivity contribution in [3.8, 4) is 0 Å². The van der Waals surface area contributed by atoms with Crippen LogP contribution in [0.1, 0.15) is 206 Å². The van der Waals surface area contributed by atoms with Gasteiger partial charge in [-0.25, -0.2) is 0 Å². The number of rotatable bonds is 36. The van der Waals surface area contributed by atoms with Crippen LogP contribution >= 0.6 is 0 Å². The summed E-state index contributed by atoms with van der Waals surface area (Å²) in [5.74, 6) is -0.647. The van der Waals surface area contributed by atoms with Crippen LogP contribution in [0.5, 0.6) is 0 Å². The smallest absolute Gasteiger partial charge is 0.305 e. The Kier molecular flexibility index (Phi) is 34.2. The number of carbonyl (C=O) groups is 2. The number of hydrogen-bond acceptors (Lipinski definition) is 7. The van der Waals surface area contributed by atoms with Crippen molar-refractivity contribution in [2.45, 2.75) is 225 Å². The van der Waals surface area contributed by atoms with E-state index in [1.165, 1.54) is 64.2 Å². The fraction of sp³-hybridized carbons (Fsp3) is 0.949. The first-order valence-electron chi connectivity index (χ1n) is 19.7. The average Bonchev–Trinajstić information content (AvgIpc) is 3.04. The summed E-state index contributed by atoms with van der Waals surface area (Å²) in [7, 11) is 0. The summed E-state index contributed by atoms with van der Waals surface area (Å²) < 4.78 is 10.3. The van der Waals surface area contributed by atoms with E-state index in [0.717, 1.165) is 116 Å². The van der Waals surface area contributed by atoms with E-state index >= 15 is 0 Å². The number of aliphatic hydroxyl groups is 3. The van der Waals surface area contributed by atoms with E-state index in [-0.39, 0.29) is 37.4 Å². The van der Waals surface area contributed by atoms with Crippen molar-refractivity contribution in [2.24, 2.45) is 0 Å². The van der Waals surface area contributed by atoms with Crippen molar-refractivity contribution < 1.29 is 34.4 Å². The zero-order valence-corrected chi connectivity index (χ0v) is 30.3. The van der Waals surface area contributed by atoms with Gasteiger partial charge in [0.05, 0.1) is 12.2 Å². The molecule has 274 valence electrons. The summed E-state index contributed by atoms with van der Waals surface area (Å²) in [6, 6.07) is 0. The maximum atomic E-state index is 12.0. The van der Waals surface area contributed by atoms with Crippen molar-refractivity contribution in [2.75, 3.05) is 13.2 Å². The van der Waals surface area contributed by atoms with Gasteiger partial charge in [-0.3, -0.25) is 9.59 Å². The molecule has 0 aliphatic heterocycles. The lowest BCUT2D eigenvalue weighted by Crippen LogP contribution is -2.25. The summed E-state index contributed by atoms with van der Waals surface area (Å²) in [6.07, 6.45) is 30.4. The van der Waals surface area contributed by atoms with E-state index in [2.05, 4.69) is 13.8 Å². The number of ether oxygens (including phenoxy) is 2. The van der Waals surface area contributed by atoms with Crippen LogP contribution in [0.2, 0.25) is 0 Å². The lowest BCUT2D eigenvalue weighted by molar-refractivity contribution is -0.152. The molecule has 0 aliphatic carbocycles. The molecule has 0 radical (unpaired) electrons. The molecule has 0 unspecified atom stereocenters. The Labute approximate surface area is 284 Å². The van der Waals surface area contributed by atoms with Crippen LogP contribution in [0.25, 0.3) is 0 Å². The fourth-order valence-corrected chi connectivity index (χ4v) is 5.89. The normalized spacial score (nSPS) is 12.8. The van der Waals surface area contributed by atoms with Gasteiger partial charge < -0.3 is 24.8 Å². The Bertz CT molecular complexity index is 602. The van der Waals surface area contributed by atoms with Gasteiger partial charge in [-0.05, 0) is 38.5 Å². The van der Waals surface area contributed by atoms with Gasteiger partial charge in [0.15, 0.2) is 0 Å². The molecule has 0 heterocycles. The van der Waals surface area contributed by atoms with Crippen LogP contribution in [0.15, 0.2) is 0 Å². The summed E-state index contributed by atoms with van der Waals surface area (Å²) in [5.41, 5.74) is 0. The van der Waals surface area contributed by atoms with Crippen LogP contribution < -0.4 is 0 Å². The largest absolute Gasteiger partial charge is 0.463 e. The summed E-state index contributed by atoms with van der Waals surface area (Å²) >= 11 is 0. The molecule has 3 N–H and O–H groups in total. The number of hydrogen-bond donors (Lipinski definition) is 3. The van der Waals surface area contributed by atoms with E-state index in [0.29, 0.717) is 12.8 Å². The SMILES string of the molecule is CCCCCCCC[C@H](O)CCCCCCCCC(=O)OCC(O)COC(=O)CCCCCCCC[C@@H](O)CCCCCCCC. The molecule has 7 nitrogen and oxygen atoms in total. The van der Waals surface area contributed by atoms with Gasteiger partial charge >= 0.3 is 11.9 Å². The molecule has 0 bridgehead atoms. The number of carbonyl (C=O) groups excluding carboxylic acids is 2. The summed E-state index contributed by atoms with van der Waals surface area (Å²) in [6.45, 7) is 4.15. The minimum atomic E-state index is -0.999. The second-order valence-electron chi connectivity index (χ2n) is 13.8. The van der Waals surface area contributed by atoms with Crippen LogP contribution in [0.4, 0.5) is 0 Å². The van der Waals surface area contributed by atoms with Crippen molar-refractivity contribution in [1.82, 2.24) is 0 Å². The van der Waals surface area contributed by atoms with E-state index in [9.17, 15) is 24.9 Å². The molecule has 0 saturated heterocycles. The van der Waals surface area contributed by atoms with E-state index in [1.54, 1.807) is 0 Å². The van der Waals surface area contributed by atoms with E-state index in [1.807, 2.05) is 0 Å². The Morgan fingerprint density at radius 3 is 0.957 bits per heavy atom. The Morgan fingerprint density at radius 1 is 0.391 bits per heavy atom. The molecule has 0 fully saturated rings. The molecule has 0 amide bonds. The highest BCUT2D eigenvalue weighted by molar-refractivity contribution is 5.69. The lowest BCUT2D eigenvalue weighted by atomic mass is 10.0. The molecular weight excluding hydrogens is 580 g/mol. The van der Waals surface area contributed by atoms with Crippen molar-refractivity contribution >= 4 is 11.9 Å². The summed E-state index contributed by atoms with van der Waals surface area (Å²) in [5, 5.41) is 30.3. The first-order valence-corrected chi connectivity index (χ1v) is 19.7. The third-order valence-electron chi connectivity index (χ3n) is 8.99. The average molecular weight is 657 g/mol. The molecule has 7 heteroatoms. The molecule has 0 spiro atoms. The molecule has 46 heavy (non-hydrogen) atoms. The molecule has 2 atom stereocenters. The molecular formula is C39H76O7. The number of esters is 2. The molecule has 0 aromatic carbocycles. The highest BCUT2D eigenvalue weighted by atomic mass is 16.6. The predicted octanol–water partition coefficient (Wildman–Crippen LogP) is 9.90. The standard InChI is InChI=1S/C39H76O7/c1-3-5-7-9-15-21-27-35(40)29-23-17-11-13-19-25-31-38(43)45-33-37(42)34-46-39(44)32-26-20-14-12-18-24-30-36(41)28-22-16-10-8-6-4-2/h35-37,40-42H,3-34H2,1-2H3/t35-,36-/m0/s1. The van der Waals surface area contributed by atoms with E-state index in [4.69, 9.17) is 9.47 Å². The minimum Gasteiger partial charge on any atom is -0.463 e. The maximum absolute atomic E-state index is 12.0. The third-order valence-corrected chi connectivity index (χ3v) is 8.99. The van der Waals surface area contributed by atoms with Gasteiger partial charge in [-0.1, -0.05) is 155 Å². The maximum Gasteiger partial charge on any atom is 0.305 e. The molecule has 0 aromatic heterocycles. The second kappa shape index (κ2) is 35.1. The van der Waals surface area contributed by atoms with Gasteiger partial charge in [0, 0.05) is 12.8 Å². The van der Waals surface area contributed by atoms with Gasteiger partial charge in [-0.15, -0.1) is 0 Å². The Balaban J connectivity index is 3.49. The highest BCUT2D eigenvalue weighted by Gasteiger charge is 2.12. The first-order chi connectivity index (χ1) is 22.4. The van der Waals surface area contributed by atoms with E-state index < -0.39 is 6.10 Å². The minimum absolute atomic E-state index is 0.152. The summed E-state index contributed by atoms with van der Waals surface area (Å²) in [4.78, 5) is 23.9. The quantitative estimate of drug-likeness (QED) is 0.0454. The Hall–Kier alpha value is -1.18. The lowest BCUT2D eigenvalue weighted by Gasteiger charge is -2.12. The van der Waals surface area contributed by atoms with Crippen molar-refractivity contribution in [3.05, 3.63) is 0 Å². The van der Waals surface area contributed by atoms with Gasteiger partial charge in [-0.2, -0.15) is 0 Å². The van der Waals surface area contributed by atoms with Crippen LogP contribution in [-0.2, 0) is 19.1 Å². The molecule has 0 aromatic rings. The number of unbranched alkanes of at least 4 members (excludes halogenated alkanes) is 20. The molecule has 0 rings (SSSR count). The Morgan fingerprint density at radius 2 is 0.652 bits per heavy atom. The third kappa shape index (κ3) is 34.2. The van der Waals surface area contributed by atoms with Gasteiger partial charge in [0.1, 0.15) is 19.3 Å². The zero-order valence-electron chi connectivity index (χ0n) is 30.3. The van der Waals surface area contributed by atoms with Gasteiger partial charge in [0.2, 0.25) is 0 Å². The van der Waals surface area contributed by atoms with Crippen LogP contribution in [0, 0.1) is 0 Å². The predicted molar refractivity (Wildman–Crippen MR) is 190 cm³/mol.